The molecule has 2 N–H and O–H groups in total. The number of carbonyl (C=O) groups excluding carboxylic acids is 1. The zero-order chi connectivity index (χ0) is 17.5. The Bertz CT molecular complexity index is 731. The minimum absolute atomic E-state index is 0.143. The van der Waals surface area contributed by atoms with Gasteiger partial charge in [0.15, 0.2) is 0 Å². The van der Waals surface area contributed by atoms with Crippen LogP contribution < -0.4 is 10.6 Å². The van der Waals surface area contributed by atoms with Crippen molar-refractivity contribution < 1.29 is 4.79 Å². The molecule has 0 aliphatic heterocycles. The Hall–Kier alpha value is -2.80. The summed E-state index contributed by atoms with van der Waals surface area (Å²) in [5, 5.41) is 14.9. The van der Waals surface area contributed by atoms with Gasteiger partial charge in [0.1, 0.15) is 6.04 Å². The van der Waals surface area contributed by atoms with E-state index in [9.17, 15) is 4.79 Å². The maximum Gasteiger partial charge on any atom is 0.246 e. The number of hydrogen-bond acceptors (Lipinski definition) is 3. The summed E-state index contributed by atoms with van der Waals surface area (Å²) in [5.74, 6) is 0.392. The maximum absolute atomic E-state index is 12.3. The van der Waals surface area contributed by atoms with E-state index in [1.807, 2.05) is 19.1 Å². The van der Waals surface area contributed by atoms with Crippen molar-refractivity contribution in [1.29, 1.82) is 5.26 Å². The van der Waals surface area contributed by atoms with Crippen molar-refractivity contribution in [3.05, 3.63) is 59.7 Å². The van der Waals surface area contributed by atoms with Gasteiger partial charge in [0, 0.05) is 11.4 Å². The van der Waals surface area contributed by atoms with Crippen LogP contribution in [0.1, 0.15) is 44.2 Å². The fraction of sp³-hybridized carbons (Fsp3) is 0.300. The highest BCUT2D eigenvalue weighted by Gasteiger charge is 2.13. The molecule has 0 aliphatic carbocycles. The minimum atomic E-state index is -0.384. The first kappa shape index (κ1) is 17.6. The Morgan fingerprint density at radius 1 is 1.12 bits per heavy atom. The molecule has 0 radical (unpaired) electrons. The second kappa shape index (κ2) is 8.16. The molecule has 1 amide bonds. The quantitative estimate of drug-likeness (QED) is 0.822. The van der Waals surface area contributed by atoms with Crippen LogP contribution in [0.3, 0.4) is 0 Å². The summed E-state index contributed by atoms with van der Waals surface area (Å²) in [5.41, 5.74) is 3.36. The normalized spacial score (nSPS) is 12.8. The third-order valence-electron chi connectivity index (χ3n) is 4.13. The zero-order valence-corrected chi connectivity index (χ0v) is 14.3. The first-order valence-electron chi connectivity index (χ1n) is 8.21. The first-order chi connectivity index (χ1) is 11.5. The van der Waals surface area contributed by atoms with E-state index in [4.69, 9.17) is 5.26 Å². The van der Waals surface area contributed by atoms with Gasteiger partial charge in [0.25, 0.3) is 0 Å². The van der Waals surface area contributed by atoms with Gasteiger partial charge in [-0.1, -0.05) is 32.0 Å². The minimum Gasteiger partial charge on any atom is -0.374 e. The molecule has 4 heteroatoms. The lowest BCUT2D eigenvalue weighted by molar-refractivity contribution is -0.116. The van der Waals surface area contributed by atoms with Crippen LogP contribution in [0.4, 0.5) is 11.4 Å². The summed E-state index contributed by atoms with van der Waals surface area (Å²) in [6.45, 7) is 6.18. The second-order valence-electron chi connectivity index (χ2n) is 5.98. The summed E-state index contributed by atoms with van der Waals surface area (Å²) in [6.07, 6.45) is 1.10. The Balaban J connectivity index is 1.97. The van der Waals surface area contributed by atoms with Gasteiger partial charge in [0.2, 0.25) is 5.91 Å². The predicted molar refractivity (Wildman–Crippen MR) is 98.0 cm³/mol. The molecule has 4 nitrogen and oxygen atoms in total. The summed E-state index contributed by atoms with van der Waals surface area (Å²) in [6, 6.07) is 16.8. The molecule has 0 saturated heterocycles. The number of hydrogen-bond donors (Lipinski definition) is 2. The number of anilines is 2. The molecule has 0 unspecified atom stereocenters. The summed E-state index contributed by atoms with van der Waals surface area (Å²) in [7, 11) is 0. The van der Waals surface area contributed by atoms with Gasteiger partial charge in [0.05, 0.1) is 11.6 Å². The van der Waals surface area contributed by atoms with Crippen LogP contribution in [0.15, 0.2) is 48.5 Å². The van der Waals surface area contributed by atoms with Crippen LogP contribution in [0.25, 0.3) is 0 Å². The topological polar surface area (TPSA) is 64.9 Å². The maximum atomic E-state index is 12.3. The Morgan fingerprint density at radius 3 is 2.46 bits per heavy atom. The second-order valence-corrected chi connectivity index (χ2v) is 5.98. The van der Waals surface area contributed by atoms with E-state index in [1.165, 1.54) is 5.56 Å². The van der Waals surface area contributed by atoms with Crippen LogP contribution in [0, 0.1) is 11.3 Å². The van der Waals surface area contributed by atoms with Crippen LogP contribution >= 0.6 is 0 Å². The number of nitriles is 1. The van der Waals surface area contributed by atoms with E-state index >= 15 is 0 Å². The van der Waals surface area contributed by atoms with Gasteiger partial charge in [-0.3, -0.25) is 4.79 Å². The number of benzene rings is 2. The summed E-state index contributed by atoms with van der Waals surface area (Å²) < 4.78 is 0. The van der Waals surface area contributed by atoms with Crippen molar-refractivity contribution >= 4 is 17.3 Å². The van der Waals surface area contributed by atoms with E-state index in [1.54, 1.807) is 24.3 Å². The molecule has 0 spiro atoms. The molecule has 0 saturated carbocycles. The molecule has 0 fully saturated rings. The number of nitrogens with zero attached hydrogens (tertiary/aromatic N) is 1. The molecule has 2 rings (SSSR count). The lowest BCUT2D eigenvalue weighted by atomic mass is 9.98. The van der Waals surface area contributed by atoms with Crippen molar-refractivity contribution in [2.45, 2.75) is 39.2 Å². The molecule has 0 aliphatic rings. The number of carbonyl (C=O) groups is 1. The third-order valence-corrected chi connectivity index (χ3v) is 4.13. The van der Waals surface area contributed by atoms with Gasteiger partial charge < -0.3 is 10.6 Å². The third kappa shape index (κ3) is 4.60. The summed E-state index contributed by atoms with van der Waals surface area (Å²) in [4.78, 5) is 12.3. The fourth-order valence-electron chi connectivity index (χ4n) is 2.38. The predicted octanol–water partition coefficient (Wildman–Crippen LogP) is 4.51. The molecule has 2 aromatic carbocycles. The monoisotopic (exact) mass is 321 g/mol. The zero-order valence-electron chi connectivity index (χ0n) is 14.3. The molecule has 2 aromatic rings. The highest BCUT2D eigenvalue weighted by atomic mass is 16.2. The van der Waals surface area contributed by atoms with Crippen LogP contribution in [0.2, 0.25) is 0 Å². The van der Waals surface area contributed by atoms with E-state index in [0.717, 1.165) is 12.1 Å². The number of rotatable bonds is 6. The lowest BCUT2D eigenvalue weighted by Crippen LogP contribution is -2.31. The van der Waals surface area contributed by atoms with E-state index in [2.05, 4.69) is 42.7 Å². The molecule has 2 atom stereocenters. The van der Waals surface area contributed by atoms with Crippen molar-refractivity contribution in [3.8, 4) is 6.07 Å². The van der Waals surface area contributed by atoms with Crippen LogP contribution in [-0.2, 0) is 4.79 Å². The van der Waals surface area contributed by atoms with Crippen LogP contribution in [0.5, 0.6) is 0 Å². The highest BCUT2D eigenvalue weighted by molar-refractivity contribution is 5.96. The first-order valence-corrected chi connectivity index (χ1v) is 8.21. The largest absolute Gasteiger partial charge is 0.374 e. The van der Waals surface area contributed by atoms with Gasteiger partial charge in [-0.05, 0) is 55.2 Å². The molecule has 124 valence electrons. The molecule has 0 bridgehead atoms. The fourth-order valence-corrected chi connectivity index (χ4v) is 2.38. The SMILES string of the molecule is CC[C@H](C)c1ccc(N[C@@H](C)C(=O)Nc2cccc(C#N)c2)cc1. The van der Waals surface area contributed by atoms with E-state index in [0.29, 0.717) is 17.2 Å². The van der Waals surface area contributed by atoms with Gasteiger partial charge in [-0.15, -0.1) is 0 Å². The molecular weight excluding hydrogens is 298 g/mol. The molecular formula is C20H23N3O. The average molecular weight is 321 g/mol. The van der Waals surface area contributed by atoms with Crippen molar-refractivity contribution in [3.63, 3.8) is 0 Å². The highest BCUT2D eigenvalue weighted by Crippen LogP contribution is 2.21. The number of amides is 1. The van der Waals surface area contributed by atoms with Gasteiger partial charge in [-0.2, -0.15) is 5.26 Å². The van der Waals surface area contributed by atoms with Gasteiger partial charge >= 0.3 is 0 Å². The number of nitrogens with one attached hydrogen (secondary N) is 2. The molecule has 0 aromatic heterocycles. The van der Waals surface area contributed by atoms with Crippen molar-refractivity contribution in [2.75, 3.05) is 10.6 Å². The van der Waals surface area contributed by atoms with E-state index < -0.39 is 0 Å². The molecule has 0 heterocycles. The smallest absolute Gasteiger partial charge is 0.246 e. The van der Waals surface area contributed by atoms with Crippen molar-refractivity contribution in [2.24, 2.45) is 0 Å². The van der Waals surface area contributed by atoms with E-state index in [-0.39, 0.29) is 11.9 Å². The Kier molecular flexibility index (Phi) is 5.97. The Morgan fingerprint density at radius 2 is 1.83 bits per heavy atom. The van der Waals surface area contributed by atoms with Crippen molar-refractivity contribution in [1.82, 2.24) is 0 Å². The Labute approximate surface area is 143 Å². The summed E-state index contributed by atoms with van der Waals surface area (Å²) >= 11 is 0. The standard InChI is InChI=1S/C20H23N3O/c1-4-14(2)17-8-10-18(11-9-17)22-15(3)20(24)23-19-7-5-6-16(12-19)13-21/h5-12,14-15,22H,4H2,1-3H3,(H,23,24)/t14-,15-/m0/s1. The lowest BCUT2D eigenvalue weighted by Gasteiger charge is -2.16. The van der Waals surface area contributed by atoms with Gasteiger partial charge in [-0.25, -0.2) is 0 Å². The van der Waals surface area contributed by atoms with Crippen LogP contribution in [-0.4, -0.2) is 11.9 Å². The average Bonchev–Trinajstić information content (AvgIpc) is 2.61. The molecule has 24 heavy (non-hydrogen) atoms.